The lowest BCUT2D eigenvalue weighted by Crippen LogP contribution is -2.53. The van der Waals surface area contributed by atoms with Gasteiger partial charge in [-0.05, 0) is 79.3 Å². The number of amides is 4. The second-order valence-corrected chi connectivity index (χ2v) is 14.8. The highest BCUT2D eigenvalue weighted by Crippen LogP contribution is 2.64. The SMILES string of the molecule is COc1ccc([C@H]2C3=CC[C@@H]4C(=O)N(c5cc(C(F)(F)F)cc(C(F)(F)F)c5)C(=O)[C@@H]4[C@@H]3C[C@H]3C(=O)N(Nc4ccc(C)cc4)C(=O)[C@@]23c2ccccc2)cc1O. The summed E-state index contributed by atoms with van der Waals surface area (Å²) in [6.45, 7) is 1.87. The van der Waals surface area contributed by atoms with Crippen molar-refractivity contribution in [2.75, 3.05) is 17.4 Å². The Bertz CT molecular complexity index is 2330. The van der Waals surface area contributed by atoms with Gasteiger partial charge in [-0.15, -0.1) is 0 Å². The number of phenols is 1. The number of nitrogens with zero attached hydrogens (tertiary/aromatic N) is 2. The van der Waals surface area contributed by atoms with Crippen LogP contribution in [0.15, 0.2) is 103 Å². The van der Waals surface area contributed by atoms with Gasteiger partial charge in [0.1, 0.15) is 0 Å². The lowest BCUT2D eigenvalue weighted by molar-refractivity contribution is -0.143. The summed E-state index contributed by atoms with van der Waals surface area (Å²) in [7, 11) is 1.35. The fourth-order valence-corrected chi connectivity index (χ4v) is 9.33. The third-order valence-electron chi connectivity index (χ3n) is 11.8. The van der Waals surface area contributed by atoms with Crippen molar-refractivity contribution in [2.24, 2.45) is 23.7 Å². The molecule has 6 atom stereocenters. The maximum Gasteiger partial charge on any atom is 0.416 e. The summed E-state index contributed by atoms with van der Waals surface area (Å²) in [4.78, 5) is 59.0. The lowest BCUT2D eigenvalue weighted by Gasteiger charge is -2.50. The number of carbonyl (C=O) groups is 4. The van der Waals surface area contributed by atoms with Gasteiger partial charge in [0.2, 0.25) is 11.8 Å². The molecule has 294 valence electrons. The molecule has 4 amide bonds. The summed E-state index contributed by atoms with van der Waals surface area (Å²) < 4.78 is 88.8. The van der Waals surface area contributed by atoms with E-state index in [2.05, 4.69) is 5.43 Å². The first kappa shape index (κ1) is 37.8. The molecule has 4 aromatic carbocycles. The van der Waals surface area contributed by atoms with Crippen LogP contribution in [0.2, 0.25) is 0 Å². The number of imide groups is 2. The van der Waals surface area contributed by atoms with Crippen LogP contribution in [-0.2, 0) is 36.9 Å². The number of ether oxygens (including phenoxy) is 1. The Morgan fingerprint density at radius 1 is 0.789 bits per heavy atom. The number of hydrogen-bond acceptors (Lipinski definition) is 7. The van der Waals surface area contributed by atoms with E-state index in [1.165, 1.54) is 19.2 Å². The first-order valence-corrected chi connectivity index (χ1v) is 18.0. The van der Waals surface area contributed by atoms with Gasteiger partial charge in [0, 0.05) is 5.92 Å². The molecule has 2 aliphatic carbocycles. The van der Waals surface area contributed by atoms with E-state index in [0.29, 0.717) is 39.4 Å². The number of benzene rings is 4. The minimum atomic E-state index is -5.24. The second kappa shape index (κ2) is 13.2. The van der Waals surface area contributed by atoms with Gasteiger partial charge in [0.15, 0.2) is 11.5 Å². The molecule has 0 spiro atoms. The summed E-state index contributed by atoms with van der Waals surface area (Å²) >= 11 is 0. The smallest absolute Gasteiger partial charge is 0.416 e. The van der Waals surface area contributed by atoms with Gasteiger partial charge in [-0.25, -0.2) is 4.90 Å². The van der Waals surface area contributed by atoms with Crippen LogP contribution in [0.25, 0.3) is 0 Å². The van der Waals surface area contributed by atoms with E-state index in [9.17, 15) is 45.8 Å². The number of anilines is 2. The maximum atomic E-state index is 15.2. The van der Waals surface area contributed by atoms with E-state index < -0.39 is 87.8 Å². The molecule has 2 aliphatic heterocycles. The van der Waals surface area contributed by atoms with Gasteiger partial charge >= 0.3 is 12.4 Å². The first-order chi connectivity index (χ1) is 27.0. The molecule has 4 aromatic rings. The lowest BCUT2D eigenvalue weighted by atomic mass is 9.49. The van der Waals surface area contributed by atoms with Crippen molar-refractivity contribution < 1.29 is 55.4 Å². The summed E-state index contributed by atoms with van der Waals surface area (Å²) in [5.41, 5.74) is -0.392. The van der Waals surface area contributed by atoms with Crippen molar-refractivity contribution in [2.45, 2.75) is 43.5 Å². The average molecular weight is 790 g/mol. The van der Waals surface area contributed by atoms with E-state index in [0.717, 1.165) is 10.6 Å². The van der Waals surface area contributed by atoms with Crippen LogP contribution in [0.5, 0.6) is 11.5 Å². The van der Waals surface area contributed by atoms with Crippen LogP contribution in [0.1, 0.15) is 46.6 Å². The predicted molar refractivity (Wildman–Crippen MR) is 192 cm³/mol. The number of hydrogen-bond donors (Lipinski definition) is 2. The van der Waals surface area contributed by atoms with Crippen LogP contribution in [0.4, 0.5) is 37.7 Å². The largest absolute Gasteiger partial charge is 0.504 e. The molecule has 0 radical (unpaired) electrons. The zero-order valence-electron chi connectivity index (χ0n) is 30.2. The Labute approximate surface area is 321 Å². The molecule has 9 nitrogen and oxygen atoms in total. The Hall–Kier alpha value is -6.12. The number of fused-ring (bicyclic) bond motifs is 4. The molecule has 57 heavy (non-hydrogen) atoms. The average Bonchev–Trinajstić information content (AvgIpc) is 3.55. The van der Waals surface area contributed by atoms with Gasteiger partial charge in [0.05, 0.1) is 52.8 Å². The van der Waals surface area contributed by atoms with Gasteiger partial charge < -0.3 is 9.84 Å². The summed E-state index contributed by atoms with van der Waals surface area (Å²) in [5.74, 6) is -9.24. The third-order valence-corrected chi connectivity index (χ3v) is 11.8. The van der Waals surface area contributed by atoms with Gasteiger partial charge in [-0.1, -0.05) is 65.7 Å². The number of aryl methyl sites for hydroxylation is 1. The molecule has 2 N–H and O–H groups in total. The molecular formula is C42H33F6N3O6. The number of nitrogens with one attached hydrogen (secondary N) is 1. The zero-order chi connectivity index (χ0) is 40.8. The normalized spacial score (nSPS) is 25.9. The molecule has 2 heterocycles. The first-order valence-electron chi connectivity index (χ1n) is 18.0. The van der Waals surface area contributed by atoms with Crippen LogP contribution >= 0.6 is 0 Å². The molecular weight excluding hydrogens is 756 g/mol. The number of hydrazine groups is 1. The molecule has 2 saturated heterocycles. The predicted octanol–water partition coefficient (Wildman–Crippen LogP) is 7.94. The quantitative estimate of drug-likeness (QED) is 0.116. The molecule has 4 aliphatic rings. The standard InChI is InChI=1S/C42H33F6N3O6/c1-21-8-11-26(12-9-21)49-51-37(54)31-20-30-28(35(22-10-15-33(57-2)32(52)16-22)40(31,39(51)56)23-6-4-3-5-7-23)13-14-29-34(30)38(55)50(36(29)53)27-18-24(41(43,44)45)17-25(19-27)42(46,47)48/h3-13,15-19,29-31,34-35,49,52H,14,20H2,1-2H3/t29-,30+,31-,34-,35-,40+/m0/s1. The highest BCUT2D eigenvalue weighted by Gasteiger charge is 2.70. The van der Waals surface area contributed by atoms with Crippen molar-refractivity contribution in [3.63, 3.8) is 0 Å². The molecule has 0 unspecified atom stereocenters. The third kappa shape index (κ3) is 5.84. The summed E-state index contributed by atoms with van der Waals surface area (Å²) in [6, 6.07) is 20.6. The van der Waals surface area contributed by atoms with Gasteiger partial charge in [-0.2, -0.15) is 31.4 Å². The number of alkyl halides is 6. The maximum absolute atomic E-state index is 15.2. The highest BCUT2D eigenvalue weighted by molar-refractivity contribution is 6.22. The van der Waals surface area contributed by atoms with Crippen molar-refractivity contribution in [3.05, 3.63) is 130 Å². The van der Waals surface area contributed by atoms with Crippen LogP contribution in [0, 0.1) is 30.6 Å². The summed E-state index contributed by atoms with van der Waals surface area (Å²) in [6.07, 6.45) is -9.13. The van der Waals surface area contributed by atoms with Gasteiger partial charge in [-0.3, -0.25) is 24.6 Å². The van der Waals surface area contributed by atoms with E-state index in [1.54, 1.807) is 66.7 Å². The van der Waals surface area contributed by atoms with Crippen LogP contribution in [0.3, 0.4) is 0 Å². The van der Waals surface area contributed by atoms with Crippen molar-refractivity contribution in [3.8, 4) is 11.5 Å². The Morgan fingerprint density at radius 2 is 1.44 bits per heavy atom. The van der Waals surface area contributed by atoms with Crippen molar-refractivity contribution in [1.82, 2.24) is 5.01 Å². The zero-order valence-corrected chi connectivity index (χ0v) is 30.2. The van der Waals surface area contributed by atoms with Gasteiger partial charge in [0.25, 0.3) is 11.8 Å². The number of carbonyl (C=O) groups excluding carboxylic acids is 4. The van der Waals surface area contributed by atoms with E-state index >= 15 is 4.79 Å². The summed E-state index contributed by atoms with van der Waals surface area (Å²) in [5, 5.41) is 12.0. The number of allylic oxidation sites excluding steroid dienone is 2. The Balaban J connectivity index is 1.30. The second-order valence-electron chi connectivity index (χ2n) is 14.8. The van der Waals surface area contributed by atoms with Crippen LogP contribution < -0.4 is 15.1 Å². The van der Waals surface area contributed by atoms with Crippen molar-refractivity contribution >= 4 is 35.0 Å². The molecule has 15 heteroatoms. The fraction of sp³-hybridized carbons (Fsp3) is 0.286. The fourth-order valence-electron chi connectivity index (χ4n) is 9.33. The molecule has 0 aromatic heterocycles. The molecule has 8 rings (SSSR count). The Kier molecular flexibility index (Phi) is 8.78. The number of halogens is 6. The highest BCUT2D eigenvalue weighted by atomic mass is 19.4. The molecule has 3 fully saturated rings. The molecule has 1 saturated carbocycles. The minimum absolute atomic E-state index is 0.0838. The monoisotopic (exact) mass is 789 g/mol. The number of aromatic hydroxyl groups is 1. The van der Waals surface area contributed by atoms with Crippen molar-refractivity contribution in [1.29, 1.82) is 0 Å². The van der Waals surface area contributed by atoms with Crippen LogP contribution in [-0.4, -0.2) is 40.9 Å². The Morgan fingerprint density at radius 3 is 2.04 bits per heavy atom. The number of methoxy groups -OCH3 is 1. The van der Waals surface area contributed by atoms with E-state index in [1.807, 2.05) is 6.92 Å². The topological polar surface area (TPSA) is 116 Å². The molecule has 0 bridgehead atoms. The van der Waals surface area contributed by atoms with E-state index in [4.69, 9.17) is 4.74 Å². The minimum Gasteiger partial charge on any atom is -0.504 e. The number of phenolic OH excluding ortho intramolecular Hbond substituents is 1. The number of rotatable bonds is 6. The van der Waals surface area contributed by atoms with E-state index in [-0.39, 0.29) is 30.4 Å².